The molecule has 0 aromatic carbocycles. The third kappa shape index (κ3) is 5.29. The maximum absolute atomic E-state index is 2.39. The van der Waals surface area contributed by atoms with Gasteiger partial charge in [0, 0.05) is 0 Å². The highest BCUT2D eigenvalue weighted by molar-refractivity contribution is 4.60. The molecule has 1 atom stereocenters. The first-order valence-corrected chi connectivity index (χ1v) is 5.24. The van der Waals surface area contributed by atoms with E-state index < -0.39 is 0 Å². The molecular weight excluding hydrogens is 132 g/mol. The van der Waals surface area contributed by atoms with Crippen molar-refractivity contribution in [1.29, 1.82) is 0 Å². The molecule has 68 valence electrons. The van der Waals surface area contributed by atoms with Gasteiger partial charge in [-0.1, -0.05) is 53.4 Å². The highest BCUT2D eigenvalue weighted by Crippen LogP contribution is 2.21. The van der Waals surface area contributed by atoms with E-state index in [1.165, 1.54) is 32.1 Å². The van der Waals surface area contributed by atoms with Gasteiger partial charge in [-0.15, -0.1) is 0 Å². The number of hydrogen-bond donors (Lipinski definition) is 0. The molecule has 0 saturated carbocycles. The standard InChI is InChI=1S/C11H24/c1-5-8-10(4)9-11(6-2)7-3/h10-11H,5-9H2,1-4H3/t10-/m0/s1. The van der Waals surface area contributed by atoms with Gasteiger partial charge >= 0.3 is 0 Å². The first-order chi connectivity index (χ1) is 5.24. The van der Waals surface area contributed by atoms with Gasteiger partial charge in [0.1, 0.15) is 0 Å². The summed E-state index contributed by atoms with van der Waals surface area (Å²) in [5, 5.41) is 0. The summed E-state index contributed by atoms with van der Waals surface area (Å²) in [6.45, 7) is 9.30. The van der Waals surface area contributed by atoms with Crippen LogP contribution in [-0.2, 0) is 0 Å². The van der Waals surface area contributed by atoms with Crippen LogP contribution in [0.1, 0.15) is 59.8 Å². The molecule has 0 N–H and O–H groups in total. The summed E-state index contributed by atoms with van der Waals surface area (Å²) in [4.78, 5) is 0. The minimum Gasteiger partial charge on any atom is -0.0654 e. The Hall–Kier alpha value is 0. The van der Waals surface area contributed by atoms with E-state index in [1.807, 2.05) is 0 Å². The SMILES string of the molecule is CCC[C@H](C)CC(CC)CC. The number of hydrogen-bond acceptors (Lipinski definition) is 0. The molecule has 11 heavy (non-hydrogen) atoms. The Bertz CT molecular complexity index is 72.1. The third-order valence-electron chi connectivity index (χ3n) is 2.67. The van der Waals surface area contributed by atoms with Gasteiger partial charge in [-0.2, -0.15) is 0 Å². The lowest BCUT2D eigenvalue weighted by Crippen LogP contribution is -2.04. The Kier molecular flexibility index (Phi) is 6.69. The summed E-state index contributed by atoms with van der Waals surface area (Å²) in [6.07, 6.45) is 6.94. The largest absolute Gasteiger partial charge is 0.0654 e. The molecule has 0 heteroatoms. The quantitative estimate of drug-likeness (QED) is 0.539. The van der Waals surface area contributed by atoms with E-state index in [0.29, 0.717) is 0 Å². The van der Waals surface area contributed by atoms with Crippen LogP contribution in [0, 0.1) is 11.8 Å². The highest BCUT2D eigenvalue weighted by atomic mass is 14.1. The van der Waals surface area contributed by atoms with Crippen molar-refractivity contribution in [3.05, 3.63) is 0 Å². The van der Waals surface area contributed by atoms with E-state index in [9.17, 15) is 0 Å². The maximum Gasteiger partial charge on any atom is -0.0417 e. The Morgan fingerprint density at radius 2 is 1.55 bits per heavy atom. The van der Waals surface area contributed by atoms with Crippen molar-refractivity contribution in [2.24, 2.45) is 11.8 Å². The summed E-state index contributed by atoms with van der Waals surface area (Å²) in [6, 6.07) is 0. The van der Waals surface area contributed by atoms with E-state index in [0.717, 1.165) is 11.8 Å². The molecule has 0 spiro atoms. The monoisotopic (exact) mass is 156 g/mol. The van der Waals surface area contributed by atoms with E-state index in [2.05, 4.69) is 27.7 Å². The van der Waals surface area contributed by atoms with Crippen LogP contribution < -0.4 is 0 Å². The fraction of sp³-hybridized carbons (Fsp3) is 1.00. The van der Waals surface area contributed by atoms with Gasteiger partial charge < -0.3 is 0 Å². The summed E-state index contributed by atoms with van der Waals surface area (Å²) in [5.41, 5.74) is 0. The normalized spacial score (nSPS) is 13.9. The Morgan fingerprint density at radius 1 is 1.00 bits per heavy atom. The van der Waals surface area contributed by atoms with Gasteiger partial charge in [0.05, 0.1) is 0 Å². The third-order valence-corrected chi connectivity index (χ3v) is 2.67. The minimum absolute atomic E-state index is 0.949. The Morgan fingerprint density at radius 3 is 1.91 bits per heavy atom. The molecule has 0 aromatic heterocycles. The molecule has 0 aromatic rings. The van der Waals surface area contributed by atoms with Crippen LogP contribution in [0.2, 0.25) is 0 Å². The van der Waals surface area contributed by atoms with Crippen molar-refractivity contribution in [2.75, 3.05) is 0 Å². The fourth-order valence-electron chi connectivity index (χ4n) is 1.80. The van der Waals surface area contributed by atoms with Crippen molar-refractivity contribution in [3.63, 3.8) is 0 Å². The van der Waals surface area contributed by atoms with Crippen molar-refractivity contribution in [1.82, 2.24) is 0 Å². The van der Waals surface area contributed by atoms with E-state index in [-0.39, 0.29) is 0 Å². The lowest BCUT2D eigenvalue weighted by molar-refractivity contribution is 0.355. The molecular formula is C11H24. The van der Waals surface area contributed by atoms with Crippen LogP contribution >= 0.6 is 0 Å². The van der Waals surface area contributed by atoms with Crippen LogP contribution in [-0.4, -0.2) is 0 Å². The second-order valence-electron chi connectivity index (χ2n) is 3.81. The molecule has 0 bridgehead atoms. The van der Waals surface area contributed by atoms with Crippen molar-refractivity contribution in [3.8, 4) is 0 Å². The first kappa shape index (κ1) is 11.0. The van der Waals surface area contributed by atoms with E-state index in [1.54, 1.807) is 0 Å². The average Bonchev–Trinajstić information content (AvgIpc) is 2.01. The second kappa shape index (κ2) is 6.69. The van der Waals surface area contributed by atoms with E-state index >= 15 is 0 Å². The molecule has 0 radical (unpaired) electrons. The van der Waals surface area contributed by atoms with Gasteiger partial charge in [0.15, 0.2) is 0 Å². The Labute approximate surface area is 72.4 Å². The molecule has 0 saturated heterocycles. The summed E-state index contributed by atoms with van der Waals surface area (Å²) in [7, 11) is 0. The topological polar surface area (TPSA) is 0 Å². The molecule has 0 amide bonds. The van der Waals surface area contributed by atoms with E-state index in [4.69, 9.17) is 0 Å². The molecule has 0 aliphatic rings. The minimum atomic E-state index is 0.949. The molecule has 0 nitrogen and oxygen atoms in total. The van der Waals surface area contributed by atoms with Crippen LogP contribution in [0.3, 0.4) is 0 Å². The maximum atomic E-state index is 2.39. The Balaban J connectivity index is 3.44. The lowest BCUT2D eigenvalue weighted by Gasteiger charge is -2.17. The molecule has 0 aliphatic carbocycles. The predicted molar refractivity (Wildman–Crippen MR) is 52.8 cm³/mol. The zero-order valence-corrected chi connectivity index (χ0v) is 8.69. The van der Waals surface area contributed by atoms with Crippen LogP contribution in [0.15, 0.2) is 0 Å². The summed E-state index contributed by atoms with van der Waals surface area (Å²) >= 11 is 0. The van der Waals surface area contributed by atoms with Gasteiger partial charge in [-0.05, 0) is 18.3 Å². The molecule has 0 heterocycles. The zero-order chi connectivity index (χ0) is 8.69. The van der Waals surface area contributed by atoms with Gasteiger partial charge in [-0.3, -0.25) is 0 Å². The smallest absolute Gasteiger partial charge is 0.0417 e. The van der Waals surface area contributed by atoms with Crippen LogP contribution in [0.5, 0.6) is 0 Å². The molecule has 0 unspecified atom stereocenters. The van der Waals surface area contributed by atoms with Crippen molar-refractivity contribution < 1.29 is 0 Å². The number of rotatable bonds is 6. The predicted octanol–water partition coefficient (Wildman–Crippen LogP) is 4.25. The lowest BCUT2D eigenvalue weighted by atomic mass is 9.89. The molecule has 0 rings (SSSR count). The summed E-state index contributed by atoms with van der Waals surface area (Å²) < 4.78 is 0. The average molecular weight is 156 g/mol. The van der Waals surface area contributed by atoms with Gasteiger partial charge in [0.25, 0.3) is 0 Å². The summed E-state index contributed by atoms with van der Waals surface area (Å²) in [5.74, 6) is 1.93. The van der Waals surface area contributed by atoms with Crippen LogP contribution in [0.4, 0.5) is 0 Å². The second-order valence-corrected chi connectivity index (χ2v) is 3.81. The zero-order valence-electron chi connectivity index (χ0n) is 8.69. The molecule has 0 aliphatic heterocycles. The van der Waals surface area contributed by atoms with Gasteiger partial charge in [-0.25, -0.2) is 0 Å². The van der Waals surface area contributed by atoms with Gasteiger partial charge in [0.2, 0.25) is 0 Å². The van der Waals surface area contributed by atoms with Crippen molar-refractivity contribution >= 4 is 0 Å². The fourth-order valence-corrected chi connectivity index (χ4v) is 1.80. The van der Waals surface area contributed by atoms with Crippen molar-refractivity contribution in [2.45, 2.75) is 59.8 Å². The molecule has 0 fully saturated rings. The van der Waals surface area contributed by atoms with Crippen LogP contribution in [0.25, 0.3) is 0 Å². The highest BCUT2D eigenvalue weighted by Gasteiger charge is 2.08. The first-order valence-electron chi connectivity index (χ1n) is 5.24.